The van der Waals surface area contributed by atoms with Gasteiger partial charge in [-0.3, -0.25) is 14.4 Å². The molecule has 0 bridgehead atoms. The third-order valence-electron chi connectivity index (χ3n) is 5.46. The number of nitrogens with one attached hydrogen (secondary N) is 1. The van der Waals surface area contributed by atoms with Gasteiger partial charge in [-0.05, 0) is 36.3 Å². The van der Waals surface area contributed by atoms with Gasteiger partial charge in [0.2, 0.25) is 5.56 Å². The Bertz CT molecular complexity index is 1270. The van der Waals surface area contributed by atoms with Crippen LogP contribution in [0.25, 0.3) is 22.8 Å². The number of nitrogens with zero attached hydrogens (tertiary/aromatic N) is 3. The summed E-state index contributed by atoms with van der Waals surface area (Å²) in [6.45, 7) is 2.22. The maximum Gasteiger partial charge on any atom is 0.271 e. The Morgan fingerprint density at radius 3 is 2.73 bits per heavy atom. The Balaban J connectivity index is 1.79. The smallest absolute Gasteiger partial charge is 0.271 e. The predicted molar refractivity (Wildman–Crippen MR) is 111 cm³/mol. The highest BCUT2D eigenvalue weighted by Crippen LogP contribution is 2.31. The first kappa shape index (κ1) is 19.6. The number of aromatic nitrogens is 3. The molecule has 1 saturated heterocycles. The van der Waals surface area contributed by atoms with Gasteiger partial charge in [0.1, 0.15) is 5.52 Å². The molecule has 1 aliphatic rings. The lowest BCUT2D eigenvalue weighted by molar-refractivity contribution is -0.139. The molecular weight excluding hydrogens is 386 g/mol. The van der Waals surface area contributed by atoms with Crippen LogP contribution in [0, 0.1) is 0 Å². The summed E-state index contributed by atoms with van der Waals surface area (Å²) in [4.78, 5) is 39.9. The summed E-state index contributed by atoms with van der Waals surface area (Å²) in [5.41, 5.74) is 6.21. The number of carbonyl (C=O) groups is 2. The van der Waals surface area contributed by atoms with E-state index in [-0.39, 0.29) is 22.7 Å². The number of primary amides is 1. The van der Waals surface area contributed by atoms with Crippen LogP contribution in [0.3, 0.4) is 0 Å². The minimum Gasteiger partial charge on any atom is -0.376 e. The van der Waals surface area contributed by atoms with Crippen molar-refractivity contribution in [2.75, 3.05) is 13.6 Å². The summed E-state index contributed by atoms with van der Waals surface area (Å²) < 4.78 is 1.52. The molecule has 1 atom stereocenters. The van der Waals surface area contributed by atoms with E-state index in [9.17, 15) is 19.5 Å². The lowest BCUT2D eigenvalue weighted by atomic mass is 9.91. The first-order valence-electron chi connectivity index (χ1n) is 9.40. The number of nitrogens with two attached hydrogens (primary N) is 1. The highest BCUT2D eigenvalue weighted by molar-refractivity contribution is 6.02. The molecular formula is C21H21N5O4. The number of aliphatic hydroxyl groups is 1. The fourth-order valence-electron chi connectivity index (χ4n) is 3.73. The van der Waals surface area contributed by atoms with Gasteiger partial charge in [0.25, 0.3) is 11.8 Å². The molecule has 0 aliphatic carbocycles. The molecule has 2 amide bonds. The van der Waals surface area contributed by atoms with Crippen molar-refractivity contribution in [2.24, 2.45) is 5.73 Å². The molecule has 9 nitrogen and oxygen atoms in total. The molecule has 3 heterocycles. The number of H-pyrrole nitrogens is 1. The zero-order valence-electron chi connectivity index (χ0n) is 16.5. The van der Waals surface area contributed by atoms with Crippen LogP contribution in [-0.2, 0) is 4.79 Å². The summed E-state index contributed by atoms with van der Waals surface area (Å²) in [5.74, 6) is -1.07. The van der Waals surface area contributed by atoms with E-state index in [1.807, 2.05) is 6.07 Å². The number of hydrogen-bond acceptors (Lipinski definition) is 5. The summed E-state index contributed by atoms with van der Waals surface area (Å²) in [7, 11) is 1.66. The molecule has 0 radical (unpaired) electrons. The van der Waals surface area contributed by atoms with Gasteiger partial charge in [-0.25, -0.2) is 4.68 Å². The van der Waals surface area contributed by atoms with Crippen LogP contribution in [0.5, 0.6) is 0 Å². The number of pyridine rings is 1. The maximum atomic E-state index is 12.3. The predicted octanol–water partition coefficient (Wildman–Crippen LogP) is 0.809. The normalized spacial score (nSPS) is 19.6. The highest BCUT2D eigenvalue weighted by Gasteiger charge is 2.44. The summed E-state index contributed by atoms with van der Waals surface area (Å²) in [6.07, 6.45) is 2.09. The molecule has 1 aliphatic heterocycles. The van der Waals surface area contributed by atoms with Crippen molar-refractivity contribution in [3.05, 3.63) is 63.6 Å². The summed E-state index contributed by atoms with van der Waals surface area (Å²) >= 11 is 0. The summed E-state index contributed by atoms with van der Waals surface area (Å²) in [5, 5.41) is 15.1. The van der Waals surface area contributed by atoms with Gasteiger partial charge in [0.05, 0.1) is 11.2 Å². The Kier molecular flexibility index (Phi) is 4.54. The molecule has 30 heavy (non-hydrogen) atoms. The Hall–Kier alpha value is -3.72. The van der Waals surface area contributed by atoms with Crippen LogP contribution >= 0.6 is 0 Å². The van der Waals surface area contributed by atoms with Gasteiger partial charge >= 0.3 is 0 Å². The number of benzene rings is 1. The van der Waals surface area contributed by atoms with Crippen molar-refractivity contribution in [2.45, 2.75) is 18.9 Å². The Morgan fingerprint density at radius 1 is 1.30 bits per heavy atom. The molecule has 2 aromatic heterocycles. The molecule has 1 fully saturated rings. The fourth-order valence-corrected chi connectivity index (χ4v) is 3.73. The van der Waals surface area contributed by atoms with E-state index in [4.69, 9.17) is 5.73 Å². The molecule has 4 N–H and O–H groups in total. The highest BCUT2D eigenvalue weighted by atomic mass is 16.3. The number of likely N-dealkylation sites (tertiary alicyclic amines) is 1. The van der Waals surface area contributed by atoms with Crippen molar-refractivity contribution in [1.29, 1.82) is 0 Å². The number of aromatic amines is 1. The monoisotopic (exact) mass is 407 g/mol. The van der Waals surface area contributed by atoms with Crippen molar-refractivity contribution in [1.82, 2.24) is 19.7 Å². The van der Waals surface area contributed by atoms with Crippen LogP contribution in [-0.4, -0.2) is 55.8 Å². The average Bonchev–Trinajstić information content (AvgIpc) is 3.22. The lowest BCUT2D eigenvalue weighted by Gasteiger charge is -2.21. The second-order valence-electron chi connectivity index (χ2n) is 7.47. The largest absolute Gasteiger partial charge is 0.376 e. The van der Waals surface area contributed by atoms with E-state index in [2.05, 4.69) is 10.1 Å². The van der Waals surface area contributed by atoms with Crippen LogP contribution in [0.4, 0.5) is 0 Å². The minimum atomic E-state index is -1.51. The van der Waals surface area contributed by atoms with Crippen molar-refractivity contribution < 1.29 is 14.7 Å². The van der Waals surface area contributed by atoms with Crippen molar-refractivity contribution in [3.8, 4) is 5.69 Å². The fraction of sp³-hybridized carbons (Fsp3) is 0.238. The van der Waals surface area contributed by atoms with E-state index in [0.717, 1.165) is 5.56 Å². The zero-order chi connectivity index (χ0) is 21.6. The quantitative estimate of drug-likeness (QED) is 0.588. The van der Waals surface area contributed by atoms with Crippen LogP contribution in [0.2, 0.25) is 0 Å². The van der Waals surface area contributed by atoms with Crippen LogP contribution < -0.4 is 11.3 Å². The molecule has 0 spiro atoms. The van der Waals surface area contributed by atoms with E-state index in [1.54, 1.807) is 44.3 Å². The molecule has 0 saturated carbocycles. The average molecular weight is 407 g/mol. The molecule has 1 unspecified atom stereocenters. The second kappa shape index (κ2) is 6.96. The van der Waals surface area contributed by atoms with Crippen LogP contribution in [0.1, 0.15) is 29.4 Å². The lowest BCUT2D eigenvalue weighted by Crippen LogP contribution is -2.39. The minimum absolute atomic E-state index is 0.0336. The van der Waals surface area contributed by atoms with Gasteiger partial charge in [-0.15, -0.1) is 0 Å². The van der Waals surface area contributed by atoms with Gasteiger partial charge in [-0.1, -0.05) is 18.2 Å². The third-order valence-corrected chi connectivity index (χ3v) is 5.46. The van der Waals surface area contributed by atoms with Gasteiger partial charge in [-0.2, -0.15) is 5.10 Å². The summed E-state index contributed by atoms with van der Waals surface area (Å²) in [6, 6.07) is 10.1. The first-order valence-corrected chi connectivity index (χ1v) is 9.40. The van der Waals surface area contributed by atoms with E-state index >= 15 is 0 Å². The van der Waals surface area contributed by atoms with E-state index < -0.39 is 11.5 Å². The number of hydrogen-bond donors (Lipinski definition) is 3. The van der Waals surface area contributed by atoms with Crippen molar-refractivity contribution in [3.63, 3.8) is 0 Å². The number of amides is 2. The maximum absolute atomic E-state index is 12.3. The zero-order valence-corrected chi connectivity index (χ0v) is 16.5. The topological polar surface area (TPSA) is 134 Å². The first-order chi connectivity index (χ1) is 14.2. The SMILES string of the molecule is CC(=Cc1cccc(-n2nc(C(N)=O)c3[nH]c(=O)ccc32)c1)C1(O)CCN(C)C1=O. The van der Waals surface area contributed by atoms with Crippen LogP contribution in [0.15, 0.2) is 46.8 Å². The molecule has 154 valence electrons. The Labute approximate surface area is 171 Å². The number of rotatable bonds is 4. The standard InChI is InChI=1S/C21H21N5O4/c1-12(21(30)8-9-25(2)20(21)29)10-13-4-3-5-14(11-13)26-15-6-7-16(27)23-17(15)18(24-26)19(22)28/h3-7,10-11,30H,8-9H2,1-2H3,(H2,22,28)(H,23,27). The van der Waals surface area contributed by atoms with Gasteiger partial charge in [0.15, 0.2) is 11.3 Å². The Morgan fingerprint density at radius 2 is 2.07 bits per heavy atom. The number of fused-ring (bicyclic) bond motifs is 1. The second-order valence-corrected chi connectivity index (χ2v) is 7.47. The van der Waals surface area contributed by atoms with Gasteiger partial charge < -0.3 is 20.7 Å². The van der Waals surface area contributed by atoms with E-state index in [0.29, 0.717) is 29.7 Å². The van der Waals surface area contributed by atoms with E-state index in [1.165, 1.54) is 15.6 Å². The molecule has 1 aromatic carbocycles. The van der Waals surface area contributed by atoms with Crippen molar-refractivity contribution >= 4 is 28.9 Å². The number of likely N-dealkylation sites (N-methyl/N-ethyl adjacent to an activating group) is 1. The molecule has 3 aromatic rings. The molecule has 4 rings (SSSR count). The molecule has 9 heteroatoms. The van der Waals surface area contributed by atoms with Gasteiger partial charge in [0, 0.05) is 26.1 Å². The third kappa shape index (κ3) is 3.09. The number of carbonyl (C=O) groups excluding carboxylic acids is 2.